The Kier molecular flexibility index (Phi) is 5.31. The zero-order valence-corrected chi connectivity index (χ0v) is 13.1. The summed E-state index contributed by atoms with van der Waals surface area (Å²) in [6.45, 7) is 8.08. The summed E-state index contributed by atoms with van der Waals surface area (Å²) in [7, 11) is 1.67. The predicted molar refractivity (Wildman–Crippen MR) is 82.7 cm³/mol. The van der Waals surface area contributed by atoms with Crippen LogP contribution >= 0.6 is 0 Å². The van der Waals surface area contributed by atoms with Crippen LogP contribution in [0.2, 0.25) is 0 Å². The van der Waals surface area contributed by atoms with E-state index >= 15 is 0 Å². The number of anilines is 1. The van der Waals surface area contributed by atoms with Crippen molar-refractivity contribution < 1.29 is 9.53 Å². The van der Waals surface area contributed by atoms with Gasteiger partial charge in [-0.2, -0.15) is 0 Å². The zero-order valence-electron chi connectivity index (χ0n) is 13.1. The molecule has 0 unspecified atom stereocenters. The lowest BCUT2D eigenvalue weighted by atomic mass is 9.74. The van der Waals surface area contributed by atoms with Crippen molar-refractivity contribution in [2.75, 3.05) is 19.0 Å². The lowest BCUT2D eigenvalue weighted by Gasteiger charge is -2.37. The Morgan fingerprint density at radius 2 is 1.85 bits per heavy atom. The van der Waals surface area contributed by atoms with Crippen LogP contribution < -0.4 is 11.1 Å². The van der Waals surface area contributed by atoms with Gasteiger partial charge in [-0.3, -0.25) is 4.79 Å². The second-order valence-corrected chi connectivity index (χ2v) is 6.20. The van der Waals surface area contributed by atoms with Gasteiger partial charge in [0, 0.05) is 18.3 Å². The molecule has 20 heavy (non-hydrogen) atoms. The summed E-state index contributed by atoms with van der Waals surface area (Å²) in [6.07, 6.45) is 0.763. The molecule has 0 aliphatic heterocycles. The van der Waals surface area contributed by atoms with E-state index in [1.807, 2.05) is 52.0 Å². The summed E-state index contributed by atoms with van der Waals surface area (Å²) in [6, 6.07) is 7.77. The zero-order chi connectivity index (χ0) is 15.4. The molecule has 0 aromatic heterocycles. The number of ether oxygens (including phenoxy) is 1. The van der Waals surface area contributed by atoms with E-state index in [1.54, 1.807) is 7.11 Å². The van der Waals surface area contributed by atoms with E-state index in [0.717, 1.165) is 17.7 Å². The number of nitrogens with two attached hydrogens (primary N) is 1. The highest BCUT2D eigenvalue weighted by Crippen LogP contribution is 2.30. The molecule has 1 rings (SSSR count). The van der Waals surface area contributed by atoms with Gasteiger partial charge in [0.1, 0.15) is 0 Å². The van der Waals surface area contributed by atoms with E-state index in [-0.39, 0.29) is 5.91 Å². The number of carbonyl (C=O) groups excluding carboxylic acids is 1. The molecule has 4 heteroatoms. The SMILES string of the molecule is COCCc1ccccc1NC(=O)C(C)(C)C(C)(C)N. The highest BCUT2D eigenvalue weighted by Gasteiger charge is 2.40. The Hall–Kier alpha value is -1.39. The summed E-state index contributed by atoms with van der Waals surface area (Å²) in [5.74, 6) is -0.0742. The minimum absolute atomic E-state index is 0.0742. The summed E-state index contributed by atoms with van der Waals surface area (Å²) >= 11 is 0. The summed E-state index contributed by atoms with van der Waals surface area (Å²) < 4.78 is 5.09. The van der Waals surface area contributed by atoms with Gasteiger partial charge in [0.25, 0.3) is 0 Å². The second-order valence-electron chi connectivity index (χ2n) is 6.20. The number of nitrogens with one attached hydrogen (secondary N) is 1. The molecule has 1 aromatic rings. The molecule has 0 spiro atoms. The van der Waals surface area contributed by atoms with Crippen LogP contribution in [0.25, 0.3) is 0 Å². The van der Waals surface area contributed by atoms with Crippen LogP contribution in [-0.2, 0) is 16.0 Å². The maximum absolute atomic E-state index is 12.5. The first-order valence-electron chi connectivity index (χ1n) is 6.87. The molecule has 1 aromatic carbocycles. The Bertz CT molecular complexity index is 462. The minimum atomic E-state index is -0.665. The van der Waals surface area contributed by atoms with Crippen molar-refractivity contribution in [1.82, 2.24) is 0 Å². The molecule has 0 saturated heterocycles. The number of carbonyl (C=O) groups is 1. The van der Waals surface area contributed by atoms with Crippen molar-refractivity contribution in [3.63, 3.8) is 0 Å². The average molecular weight is 278 g/mol. The molecule has 112 valence electrons. The van der Waals surface area contributed by atoms with E-state index in [9.17, 15) is 4.79 Å². The molecule has 0 saturated carbocycles. The third-order valence-corrected chi connectivity index (χ3v) is 4.02. The van der Waals surface area contributed by atoms with E-state index in [2.05, 4.69) is 5.32 Å². The van der Waals surface area contributed by atoms with Gasteiger partial charge in [0.2, 0.25) is 5.91 Å². The third kappa shape index (κ3) is 3.81. The molecule has 0 aliphatic carbocycles. The van der Waals surface area contributed by atoms with Crippen molar-refractivity contribution in [2.24, 2.45) is 11.1 Å². The van der Waals surface area contributed by atoms with Gasteiger partial charge in [0.05, 0.1) is 12.0 Å². The lowest BCUT2D eigenvalue weighted by molar-refractivity contribution is -0.126. The van der Waals surface area contributed by atoms with Crippen molar-refractivity contribution in [1.29, 1.82) is 0 Å². The number of rotatable bonds is 6. The van der Waals surface area contributed by atoms with Crippen LogP contribution in [0.4, 0.5) is 5.69 Å². The largest absolute Gasteiger partial charge is 0.384 e. The molecular weight excluding hydrogens is 252 g/mol. The Morgan fingerprint density at radius 3 is 2.40 bits per heavy atom. The van der Waals surface area contributed by atoms with E-state index in [0.29, 0.717) is 6.61 Å². The van der Waals surface area contributed by atoms with Gasteiger partial charge in [-0.05, 0) is 45.7 Å². The van der Waals surface area contributed by atoms with Gasteiger partial charge >= 0.3 is 0 Å². The van der Waals surface area contributed by atoms with Crippen LogP contribution in [0.5, 0.6) is 0 Å². The van der Waals surface area contributed by atoms with Crippen molar-refractivity contribution >= 4 is 11.6 Å². The van der Waals surface area contributed by atoms with Gasteiger partial charge in [0.15, 0.2) is 0 Å². The number of hydrogen-bond acceptors (Lipinski definition) is 3. The molecule has 0 bridgehead atoms. The summed E-state index contributed by atoms with van der Waals surface area (Å²) in [5.41, 5.74) is 6.73. The number of hydrogen-bond donors (Lipinski definition) is 2. The third-order valence-electron chi connectivity index (χ3n) is 4.02. The van der Waals surface area contributed by atoms with Gasteiger partial charge in [-0.25, -0.2) is 0 Å². The van der Waals surface area contributed by atoms with Crippen molar-refractivity contribution in [3.8, 4) is 0 Å². The predicted octanol–water partition coefficient (Wildman–Crippen LogP) is 2.58. The van der Waals surface area contributed by atoms with Crippen LogP contribution in [-0.4, -0.2) is 25.2 Å². The number of methoxy groups -OCH3 is 1. The first-order valence-corrected chi connectivity index (χ1v) is 6.87. The Balaban J connectivity index is 2.91. The summed E-state index contributed by atoms with van der Waals surface area (Å²) in [5, 5.41) is 2.99. The molecule has 1 amide bonds. The topological polar surface area (TPSA) is 64.3 Å². The summed E-state index contributed by atoms with van der Waals surface area (Å²) in [4.78, 5) is 12.5. The number of para-hydroxylation sites is 1. The normalized spacial score (nSPS) is 12.3. The van der Waals surface area contributed by atoms with Crippen LogP contribution in [0.15, 0.2) is 24.3 Å². The first-order chi connectivity index (χ1) is 9.20. The van der Waals surface area contributed by atoms with Gasteiger partial charge in [-0.1, -0.05) is 18.2 Å². The monoisotopic (exact) mass is 278 g/mol. The molecule has 4 nitrogen and oxygen atoms in total. The maximum atomic E-state index is 12.5. The molecule has 0 radical (unpaired) electrons. The van der Waals surface area contributed by atoms with Crippen LogP contribution in [0.3, 0.4) is 0 Å². The van der Waals surface area contributed by atoms with Gasteiger partial charge < -0.3 is 15.8 Å². The van der Waals surface area contributed by atoms with E-state index < -0.39 is 11.0 Å². The fraction of sp³-hybridized carbons (Fsp3) is 0.562. The van der Waals surface area contributed by atoms with Crippen LogP contribution in [0.1, 0.15) is 33.3 Å². The van der Waals surface area contributed by atoms with Crippen LogP contribution in [0, 0.1) is 5.41 Å². The Labute approximate surface area is 121 Å². The number of benzene rings is 1. The molecule has 0 heterocycles. The first kappa shape index (κ1) is 16.7. The van der Waals surface area contributed by atoms with E-state index in [1.165, 1.54) is 0 Å². The molecule has 0 fully saturated rings. The average Bonchev–Trinajstić information content (AvgIpc) is 2.36. The standard InChI is InChI=1S/C16H26N2O2/c1-15(2,16(3,4)17)14(19)18-13-9-7-6-8-12(13)10-11-20-5/h6-9H,10-11,17H2,1-5H3,(H,18,19). The molecule has 3 N–H and O–H groups in total. The Morgan fingerprint density at radius 1 is 1.25 bits per heavy atom. The quantitative estimate of drug-likeness (QED) is 0.840. The fourth-order valence-corrected chi connectivity index (χ4v) is 1.64. The van der Waals surface area contributed by atoms with E-state index in [4.69, 9.17) is 10.5 Å². The molecule has 0 aliphatic rings. The second kappa shape index (κ2) is 6.37. The smallest absolute Gasteiger partial charge is 0.231 e. The molecular formula is C16H26N2O2. The van der Waals surface area contributed by atoms with Crippen molar-refractivity contribution in [3.05, 3.63) is 29.8 Å². The lowest BCUT2D eigenvalue weighted by Crippen LogP contribution is -2.53. The maximum Gasteiger partial charge on any atom is 0.231 e. The number of amides is 1. The highest BCUT2D eigenvalue weighted by molar-refractivity contribution is 5.96. The van der Waals surface area contributed by atoms with Crippen molar-refractivity contribution in [2.45, 2.75) is 39.7 Å². The molecule has 0 atom stereocenters. The van der Waals surface area contributed by atoms with Gasteiger partial charge in [-0.15, -0.1) is 0 Å². The minimum Gasteiger partial charge on any atom is -0.384 e. The fourth-order valence-electron chi connectivity index (χ4n) is 1.64. The highest BCUT2D eigenvalue weighted by atomic mass is 16.5.